The van der Waals surface area contributed by atoms with Gasteiger partial charge in [-0.3, -0.25) is 4.79 Å². The molecule has 0 aromatic heterocycles. The summed E-state index contributed by atoms with van der Waals surface area (Å²) in [6.45, 7) is 2.15. The van der Waals surface area contributed by atoms with Crippen molar-refractivity contribution < 1.29 is 9.18 Å². The van der Waals surface area contributed by atoms with Gasteiger partial charge in [0.05, 0.1) is 0 Å². The highest BCUT2D eigenvalue weighted by Gasteiger charge is 2.03. The average Bonchev–Trinajstić information content (AvgIpc) is 2.26. The van der Waals surface area contributed by atoms with Gasteiger partial charge in [0.25, 0.3) is 0 Å². The average molecular weight is 226 g/mol. The lowest BCUT2D eigenvalue weighted by atomic mass is 10.2. The molecule has 0 N–H and O–H groups in total. The Morgan fingerprint density at radius 3 is 2.87 bits per heavy atom. The second-order valence-electron chi connectivity index (χ2n) is 3.36. The molecule has 15 heavy (non-hydrogen) atoms. The number of benzene rings is 1. The largest absolute Gasteiger partial charge is 0.298 e. The summed E-state index contributed by atoms with van der Waals surface area (Å²) in [6, 6.07) is 4.36. The van der Waals surface area contributed by atoms with E-state index in [1.165, 1.54) is 25.0 Å². The van der Waals surface area contributed by atoms with E-state index in [-0.39, 0.29) is 5.82 Å². The first-order valence-corrected chi connectivity index (χ1v) is 6.14. The van der Waals surface area contributed by atoms with Crippen molar-refractivity contribution in [3.63, 3.8) is 0 Å². The smallest absolute Gasteiger partial charge is 0.151 e. The fourth-order valence-electron chi connectivity index (χ4n) is 1.28. The molecule has 1 nitrogen and oxygen atoms in total. The lowest BCUT2D eigenvalue weighted by Gasteiger charge is -2.04. The van der Waals surface area contributed by atoms with Crippen molar-refractivity contribution >= 4 is 18.0 Å². The van der Waals surface area contributed by atoms with Crippen LogP contribution in [0.4, 0.5) is 4.39 Å². The van der Waals surface area contributed by atoms with Gasteiger partial charge in [0.2, 0.25) is 0 Å². The van der Waals surface area contributed by atoms with E-state index in [0.717, 1.165) is 17.1 Å². The second kappa shape index (κ2) is 6.62. The van der Waals surface area contributed by atoms with Crippen molar-refractivity contribution in [2.45, 2.75) is 31.1 Å². The van der Waals surface area contributed by atoms with E-state index in [9.17, 15) is 9.18 Å². The Bertz CT molecular complexity index is 325. The number of unbranched alkanes of at least 4 members (excludes halogenated alkanes) is 2. The number of carbonyl (C=O) groups excluding carboxylic acids is 1. The van der Waals surface area contributed by atoms with Crippen molar-refractivity contribution in [3.05, 3.63) is 29.6 Å². The Kier molecular flexibility index (Phi) is 5.40. The van der Waals surface area contributed by atoms with E-state index in [1.54, 1.807) is 17.8 Å². The van der Waals surface area contributed by atoms with Gasteiger partial charge in [0.1, 0.15) is 5.82 Å². The van der Waals surface area contributed by atoms with Crippen LogP contribution in [-0.4, -0.2) is 12.0 Å². The minimum absolute atomic E-state index is 0.352. The molecular formula is C12H15FOS. The van der Waals surface area contributed by atoms with Crippen molar-refractivity contribution in [2.75, 3.05) is 5.75 Å². The molecule has 0 heterocycles. The standard InChI is InChI=1S/C12H15FOS/c1-2-3-4-7-15-12-6-5-11(13)8-10(12)9-14/h5-6,8-9H,2-4,7H2,1H3. The van der Waals surface area contributed by atoms with Gasteiger partial charge in [-0.05, 0) is 30.4 Å². The fourth-order valence-corrected chi connectivity index (χ4v) is 2.28. The lowest BCUT2D eigenvalue weighted by Crippen LogP contribution is -1.88. The number of aldehydes is 1. The van der Waals surface area contributed by atoms with Crippen LogP contribution in [0, 0.1) is 5.82 Å². The number of halogens is 1. The summed E-state index contributed by atoms with van der Waals surface area (Å²) in [4.78, 5) is 11.6. The van der Waals surface area contributed by atoms with Crippen LogP contribution >= 0.6 is 11.8 Å². The molecule has 0 aliphatic heterocycles. The van der Waals surface area contributed by atoms with Crippen LogP contribution in [0.3, 0.4) is 0 Å². The monoisotopic (exact) mass is 226 g/mol. The zero-order chi connectivity index (χ0) is 11.1. The highest BCUT2D eigenvalue weighted by Crippen LogP contribution is 2.23. The lowest BCUT2D eigenvalue weighted by molar-refractivity contribution is 0.112. The molecule has 1 aromatic carbocycles. The highest BCUT2D eigenvalue weighted by molar-refractivity contribution is 7.99. The summed E-state index contributed by atoms with van der Waals surface area (Å²) in [5.74, 6) is 0.635. The fraction of sp³-hybridized carbons (Fsp3) is 0.417. The molecular weight excluding hydrogens is 211 g/mol. The maximum Gasteiger partial charge on any atom is 0.151 e. The van der Waals surface area contributed by atoms with E-state index >= 15 is 0 Å². The third-order valence-electron chi connectivity index (χ3n) is 2.10. The molecule has 0 saturated heterocycles. The molecule has 0 amide bonds. The molecule has 0 bridgehead atoms. The maximum absolute atomic E-state index is 12.8. The Labute approximate surface area is 94.1 Å². The first-order chi connectivity index (χ1) is 7.27. The van der Waals surface area contributed by atoms with Crippen LogP contribution in [0.25, 0.3) is 0 Å². The molecule has 1 rings (SSSR count). The Balaban J connectivity index is 2.56. The zero-order valence-electron chi connectivity index (χ0n) is 8.83. The molecule has 82 valence electrons. The molecule has 0 atom stereocenters. The molecule has 0 fully saturated rings. The van der Waals surface area contributed by atoms with Crippen molar-refractivity contribution in [1.29, 1.82) is 0 Å². The minimum atomic E-state index is -0.352. The highest BCUT2D eigenvalue weighted by atomic mass is 32.2. The predicted octanol–water partition coefficient (Wildman–Crippen LogP) is 3.92. The summed E-state index contributed by atoms with van der Waals surface area (Å²) in [5.41, 5.74) is 0.455. The van der Waals surface area contributed by atoms with Crippen LogP contribution in [0.15, 0.2) is 23.1 Å². The van der Waals surface area contributed by atoms with Gasteiger partial charge in [0, 0.05) is 10.5 Å². The van der Waals surface area contributed by atoms with E-state index in [1.807, 2.05) is 0 Å². The topological polar surface area (TPSA) is 17.1 Å². The van der Waals surface area contributed by atoms with Crippen LogP contribution < -0.4 is 0 Å². The second-order valence-corrected chi connectivity index (χ2v) is 4.49. The molecule has 0 aliphatic carbocycles. The number of hydrogen-bond donors (Lipinski definition) is 0. The maximum atomic E-state index is 12.8. The Morgan fingerprint density at radius 2 is 2.20 bits per heavy atom. The molecule has 1 aromatic rings. The van der Waals surface area contributed by atoms with Gasteiger partial charge in [-0.1, -0.05) is 19.8 Å². The number of thioether (sulfide) groups is 1. The van der Waals surface area contributed by atoms with E-state index in [2.05, 4.69) is 6.92 Å². The third kappa shape index (κ3) is 4.04. The molecule has 0 aliphatic rings. The summed E-state index contributed by atoms with van der Waals surface area (Å²) in [6.07, 6.45) is 4.23. The molecule has 0 spiro atoms. The summed E-state index contributed by atoms with van der Waals surface area (Å²) >= 11 is 1.62. The predicted molar refractivity (Wildman–Crippen MR) is 62.0 cm³/mol. The molecule has 0 saturated carbocycles. The van der Waals surface area contributed by atoms with Crippen molar-refractivity contribution in [2.24, 2.45) is 0 Å². The number of rotatable bonds is 6. The first-order valence-electron chi connectivity index (χ1n) is 5.15. The summed E-state index contributed by atoms with van der Waals surface area (Å²) in [5, 5.41) is 0. The van der Waals surface area contributed by atoms with Crippen LogP contribution in [0.5, 0.6) is 0 Å². The van der Waals surface area contributed by atoms with E-state index in [0.29, 0.717) is 11.8 Å². The van der Waals surface area contributed by atoms with Gasteiger partial charge in [-0.25, -0.2) is 4.39 Å². The quantitative estimate of drug-likeness (QED) is 0.415. The van der Waals surface area contributed by atoms with Crippen molar-refractivity contribution in [3.8, 4) is 0 Å². The van der Waals surface area contributed by atoms with E-state index < -0.39 is 0 Å². The van der Waals surface area contributed by atoms with E-state index in [4.69, 9.17) is 0 Å². The summed E-state index contributed by atoms with van der Waals surface area (Å²) < 4.78 is 12.8. The molecule has 0 unspecified atom stereocenters. The van der Waals surface area contributed by atoms with Crippen molar-refractivity contribution in [1.82, 2.24) is 0 Å². The number of carbonyl (C=O) groups is 1. The minimum Gasteiger partial charge on any atom is -0.298 e. The van der Waals surface area contributed by atoms with Crippen LogP contribution in [-0.2, 0) is 0 Å². The van der Waals surface area contributed by atoms with Gasteiger partial charge in [0.15, 0.2) is 6.29 Å². The summed E-state index contributed by atoms with van der Waals surface area (Å²) in [7, 11) is 0. The van der Waals surface area contributed by atoms with Crippen LogP contribution in [0.1, 0.15) is 36.5 Å². The molecule has 3 heteroatoms. The molecule has 0 radical (unpaired) electrons. The number of hydrogen-bond acceptors (Lipinski definition) is 2. The normalized spacial score (nSPS) is 10.3. The first kappa shape index (κ1) is 12.2. The van der Waals surface area contributed by atoms with Gasteiger partial charge in [-0.2, -0.15) is 0 Å². The van der Waals surface area contributed by atoms with Gasteiger partial charge < -0.3 is 0 Å². The Hall–Kier alpha value is -0.830. The van der Waals surface area contributed by atoms with Gasteiger partial charge in [-0.15, -0.1) is 11.8 Å². The third-order valence-corrected chi connectivity index (χ3v) is 3.28. The van der Waals surface area contributed by atoms with Crippen LogP contribution in [0.2, 0.25) is 0 Å². The zero-order valence-corrected chi connectivity index (χ0v) is 9.65. The Morgan fingerprint density at radius 1 is 1.40 bits per heavy atom. The van der Waals surface area contributed by atoms with Gasteiger partial charge >= 0.3 is 0 Å². The SMILES string of the molecule is CCCCCSc1ccc(F)cc1C=O.